The van der Waals surface area contributed by atoms with Crippen molar-refractivity contribution in [3.63, 3.8) is 0 Å². The molecule has 0 aliphatic carbocycles. The van der Waals surface area contributed by atoms with E-state index in [1.807, 2.05) is 56.3 Å². The smallest absolute Gasteiger partial charge is 0.300 e. The first-order valence-electron chi connectivity index (χ1n) is 11.8. The number of anilines is 2. The number of hydrogen-bond acceptors (Lipinski definition) is 4. The summed E-state index contributed by atoms with van der Waals surface area (Å²) in [5.74, 6) is -1.51. The normalized spacial score (nSPS) is 17.2. The molecule has 6 heteroatoms. The second kappa shape index (κ2) is 10.1. The molecule has 180 valence electrons. The number of Topliss-reactive ketones (excluding diaryl/α,β-unsaturated/α-hetero) is 1. The highest BCUT2D eigenvalue weighted by atomic mass is 79.9. The van der Waals surface area contributed by atoms with Crippen molar-refractivity contribution in [2.75, 3.05) is 22.9 Å². The molecule has 1 saturated heterocycles. The van der Waals surface area contributed by atoms with Crippen molar-refractivity contribution in [1.82, 2.24) is 0 Å². The molecule has 0 saturated carbocycles. The molecule has 0 aromatic heterocycles. The maximum Gasteiger partial charge on any atom is 0.300 e. The number of benzene rings is 3. The first-order chi connectivity index (χ1) is 16.8. The third kappa shape index (κ3) is 4.50. The maximum absolute atomic E-state index is 13.4. The van der Waals surface area contributed by atoms with E-state index >= 15 is 0 Å². The monoisotopic (exact) mass is 532 g/mol. The largest absolute Gasteiger partial charge is 0.507 e. The summed E-state index contributed by atoms with van der Waals surface area (Å²) in [5, 5.41) is 11.3. The fourth-order valence-corrected chi connectivity index (χ4v) is 4.88. The van der Waals surface area contributed by atoms with Gasteiger partial charge in [-0.2, -0.15) is 0 Å². The molecule has 1 aliphatic heterocycles. The van der Waals surface area contributed by atoms with Gasteiger partial charge in [-0.1, -0.05) is 52.3 Å². The summed E-state index contributed by atoms with van der Waals surface area (Å²) in [5.41, 5.74) is 5.01. The van der Waals surface area contributed by atoms with Gasteiger partial charge < -0.3 is 10.0 Å². The van der Waals surface area contributed by atoms with E-state index in [0.717, 1.165) is 39.9 Å². The minimum Gasteiger partial charge on any atom is -0.507 e. The number of carbonyl (C=O) groups excluding carboxylic acids is 2. The molecule has 1 aliphatic rings. The zero-order valence-electron chi connectivity index (χ0n) is 20.4. The molecular formula is C29H29BrN2O3. The summed E-state index contributed by atoms with van der Waals surface area (Å²) < 4.78 is 0.855. The molecule has 1 atom stereocenters. The van der Waals surface area contributed by atoms with E-state index in [2.05, 4.69) is 34.7 Å². The number of carbonyl (C=O) groups is 2. The average Bonchev–Trinajstić information content (AvgIpc) is 3.12. The van der Waals surface area contributed by atoms with Crippen LogP contribution in [-0.4, -0.2) is 29.9 Å². The quantitative estimate of drug-likeness (QED) is 0.222. The van der Waals surface area contributed by atoms with Gasteiger partial charge in [0.05, 0.1) is 11.6 Å². The molecule has 1 unspecified atom stereocenters. The number of aliphatic hydroxyl groups excluding tert-OH is 1. The van der Waals surface area contributed by atoms with Gasteiger partial charge >= 0.3 is 0 Å². The van der Waals surface area contributed by atoms with Gasteiger partial charge in [0.15, 0.2) is 0 Å². The number of aliphatic hydroxyl groups is 1. The van der Waals surface area contributed by atoms with Crippen molar-refractivity contribution in [1.29, 1.82) is 0 Å². The zero-order chi connectivity index (χ0) is 25.3. The maximum atomic E-state index is 13.4. The summed E-state index contributed by atoms with van der Waals surface area (Å²) in [7, 11) is 0. The van der Waals surface area contributed by atoms with Crippen molar-refractivity contribution in [2.24, 2.45) is 0 Å². The number of amides is 1. The van der Waals surface area contributed by atoms with Crippen LogP contribution in [0.3, 0.4) is 0 Å². The lowest BCUT2D eigenvalue weighted by Gasteiger charge is -2.28. The van der Waals surface area contributed by atoms with Crippen molar-refractivity contribution in [2.45, 2.75) is 33.7 Å². The van der Waals surface area contributed by atoms with Crippen LogP contribution in [0.2, 0.25) is 0 Å². The molecular weight excluding hydrogens is 504 g/mol. The summed E-state index contributed by atoms with van der Waals surface area (Å²) in [6.45, 7) is 9.88. The average molecular weight is 533 g/mol. The molecule has 1 amide bonds. The number of ketones is 1. The van der Waals surface area contributed by atoms with Crippen molar-refractivity contribution < 1.29 is 14.7 Å². The molecule has 0 spiro atoms. The summed E-state index contributed by atoms with van der Waals surface area (Å²) in [4.78, 5) is 30.6. The Bertz CT molecular complexity index is 1290. The van der Waals surface area contributed by atoms with Crippen LogP contribution in [0.25, 0.3) is 5.76 Å². The molecule has 3 aromatic carbocycles. The van der Waals surface area contributed by atoms with Crippen LogP contribution in [0.4, 0.5) is 11.4 Å². The Balaban J connectivity index is 1.93. The first kappa shape index (κ1) is 24.7. The van der Waals surface area contributed by atoms with Crippen molar-refractivity contribution >= 4 is 44.8 Å². The zero-order valence-corrected chi connectivity index (χ0v) is 22.0. The van der Waals surface area contributed by atoms with Gasteiger partial charge in [-0.25, -0.2) is 0 Å². The molecule has 35 heavy (non-hydrogen) atoms. The molecule has 1 fully saturated rings. The molecule has 4 rings (SSSR count). The summed E-state index contributed by atoms with van der Waals surface area (Å²) >= 11 is 3.40. The molecule has 0 radical (unpaired) electrons. The Morgan fingerprint density at radius 2 is 1.57 bits per heavy atom. The third-order valence-electron chi connectivity index (χ3n) is 6.74. The Hall–Kier alpha value is -3.38. The van der Waals surface area contributed by atoms with Crippen LogP contribution in [0.5, 0.6) is 0 Å². The molecule has 1 heterocycles. The number of hydrogen-bond donors (Lipinski definition) is 1. The van der Waals surface area contributed by atoms with E-state index in [0.29, 0.717) is 11.3 Å². The topological polar surface area (TPSA) is 60.9 Å². The number of aryl methyl sites for hydroxylation is 1. The van der Waals surface area contributed by atoms with E-state index in [4.69, 9.17) is 0 Å². The van der Waals surface area contributed by atoms with Gasteiger partial charge in [-0.3, -0.25) is 14.5 Å². The molecule has 0 bridgehead atoms. The Labute approximate surface area is 214 Å². The van der Waals surface area contributed by atoms with Gasteiger partial charge in [-0.15, -0.1) is 0 Å². The number of rotatable bonds is 6. The van der Waals surface area contributed by atoms with Gasteiger partial charge in [0.2, 0.25) is 0 Å². The van der Waals surface area contributed by atoms with Crippen LogP contribution < -0.4 is 9.80 Å². The number of nitrogens with zero attached hydrogens (tertiary/aromatic N) is 2. The third-order valence-corrected chi connectivity index (χ3v) is 7.26. The van der Waals surface area contributed by atoms with E-state index in [1.54, 1.807) is 24.3 Å². The summed E-state index contributed by atoms with van der Waals surface area (Å²) in [6.07, 6.45) is 0. The Kier molecular flexibility index (Phi) is 7.13. The van der Waals surface area contributed by atoms with Crippen molar-refractivity contribution in [3.8, 4) is 0 Å². The fourth-order valence-electron chi connectivity index (χ4n) is 4.61. The SMILES string of the molecule is CCN(CC)c1ccc(C2/C(=C(\O)c3ccc(Br)cc3)C(=O)C(=O)N2c2cccc(C)c2C)cc1. The van der Waals surface area contributed by atoms with E-state index in [-0.39, 0.29) is 11.3 Å². The molecule has 5 nitrogen and oxygen atoms in total. The highest BCUT2D eigenvalue weighted by Crippen LogP contribution is 2.43. The van der Waals surface area contributed by atoms with E-state index < -0.39 is 17.7 Å². The standard InChI is InChI=1S/C29H29BrN2O3/c1-5-31(6-2)23-16-12-20(13-17-23)26-25(27(33)21-10-14-22(30)15-11-21)28(34)29(35)32(26)24-9-7-8-18(3)19(24)4/h7-17,26,33H,5-6H2,1-4H3/b27-25+. The lowest BCUT2D eigenvalue weighted by molar-refractivity contribution is -0.132. The minimum absolute atomic E-state index is 0.0915. The van der Waals surface area contributed by atoms with Gasteiger partial charge in [0.25, 0.3) is 11.7 Å². The Morgan fingerprint density at radius 1 is 0.943 bits per heavy atom. The second-order valence-corrected chi connectivity index (χ2v) is 9.57. The van der Waals surface area contributed by atoms with E-state index in [9.17, 15) is 14.7 Å². The van der Waals surface area contributed by atoms with Crippen LogP contribution in [0.1, 0.15) is 42.1 Å². The van der Waals surface area contributed by atoms with Crippen LogP contribution in [0.15, 0.2) is 76.8 Å². The fraction of sp³-hybridized carbons (Fsp3) is 0.241. The minimum atomic E-state index is -0.745. The first-order valence-corrected chi connectivity index (χ1v) is 12.6. The van der Waals surface area contributed by atoms with Crippen LogP contribution in [-0.2, 0) is 9.59 Å². The number of halogens is 1. The highest BCUT2D eigenvalue weighted by Gasteiger charge is 2.47. The van der Waals surface area contributed by atoms with Gasteiger partial charge in [0.1, 0.15) is 5.76 Å². The van der Waals surface area contributed by atoms with Crippen LogP contribution >= 0.6 is 15.9 Å². The van der Waals surface area contributed by atoms with Gasteiger partial charge in [-0.05, 0) is 74.7 Å². The highest BCUT2D eigenvalue weighted by molar-refractivity contribution is 9.10. The predicted molar refractivity (Wildman–Crippen MR) is 145 cm³/mol. The van der Waals surface area contributed by atoms with E-state index in [1.165, 1.54) is 4.90 Å². The van der Waals surface area contributed by atoms with Crippen LogP contribution in [0, 0.1) is 13.8 Å². The lowest BCUT2D eigenvalue weighted by atomic mass is 9.94. The summed E-state index contributed by atoms with van der Waals surface area (Å²) in [6, 6.07) is 19.9. The molecule has 3 aromatic rings. The lowest BCUT2D eigenvalue weighted by Crippen LogP contribution is -2.30. The molecule has 1 N–H and O–H groups in total. The van der Waals surface area contributed by atoms with Gasteiger partial charge in [0, 0.05) is 34.5 Å². The second-order valence-electron chi connectivity index (χ2n) is 8.66. The Morgan fingerprint density at radius 3 is 2.17 bits per heavy atom. The van der Waals surface area contributed by atoms with Crippen molar-refractivity contribution in [3.05, 3.63) is 99.0 Å². The predicted octanol–water partition coefficient (Wildman–Crippen LogP) is 6.54.